The number of hydrogen-bond acceptors (Lipinski definition) is 6. The lowest BCUT2D eigenvalue weighted by Crippen LogP contribution is -2.26. The Kier molecular flexibility index (Phi) is 6.06. The van der Waals surface area contributed by atoms with E-state index in [1.54, 1.807) is 0 Å². The van der Waals surface area contributed by atoms with Crippen LogP contribution >= 0.6 is 0 Å². The summed E-state index contributed by atoms with van der Waals surface area (Å²) in [5.74, 6) is 0. The summed E-state index contributed by atoms with van der Waals surface area (Å²) in [4.78, 5) is 11.8. The van der Waals surface area contributed by atoms with Crippen molar-refractivity contribution in [2.75, 3.05) is 32.9 Å². The highest BCUT2D eigenvalue weighted by atomic mass is 32.2. The third-order valence-corrected chi connectivity index (χ3v) is 4.30. The van der Waals surface area contributed by atoms with E-state index in [0.717, 1.165) is 25.1 Å². The molecule has 0 bridgehead atoms. The monoisotopic (exact) mass is 316 g/mol. The summed E-state index contributed by atoms with van der Waals surface area (Å²) in [6.45, 7) is 1.08. The molecule has 0 heterocycles. The number of nitrogen functional groups attached to an aromatic ring is 1. The first-order valence-electron chi connectivity index (χ1n) is 6.42. The van der Waals surface area contributed by atoms with Gasteiger partial charge in [0.1, 0.15) is 0 Å². The van der Waals surface area contributed by atoms with Crippen molar-refractivity contribution in [2.45, 2.75) is 17.7 Å². The minimum Gasteiger partial charge on any atom is -0.399 e. The predicted molar refractivity (Wildman–Crippen MR) is 80.5 cm³/mol. The summed E-state index contributed by atoms with van der Waals surface area (Å²) in [6, 6.07) is 3.52. The first-order valence-corrected chi connectivity index (χ1v) is 7.90. The van der Waals surface area contributed by atoms with E-state index in [1.165, 1.54) is 6.07 Å². The normalized spacial score (nSPS) is 11.8. The van der Waals surface area contributed by atoms with Gasteiger partial charge in [0, 0.05) is 18.3 Å². The zero-order valence-corrected chi connectivity index (χ0v) is 12.9. The van der Waals surface area contributed by atoms with Gasteiger partial charge in [-0.05, 0) is 45.6 Å². The molecule has 1 rings (SSSR count). The molecule has 0 fully saturated rings. The number of nitrogens with one attached hydrogen (secondary N) is 1. The van der Waals surface area contributed by atoms with Crippen molar-refractivity contribution < 1.29 is 13.3 Å². The number of nitro groups is 1. The van der Waals surface area contributed by atoms with Gasteiger partial charge in [-0.2, -0.15) is 0 Å². The van der Waals surface area contributed by atoms with Gasteiger partial charge in [-0.25, -0.2) is 13.1 Å². The Bertz CT molecular complexity index is 601. The molecule has 0 aliphatic heterocycles. The maximum atomic E-state index is 12.1. The van der Waals surface area contributed by atoms with Crippen LogP contribution in [0.1, 0.15) is 12.8 Å². The van der Waals surface area contributed by atoms with Crippen LogP contribution in [0.5, 0.6) is 0 Å². The van der Waals surface area contributed by atoms with E-state index in [4.69, 9.17) is 5.73 Å². The number of benzene rings is 1. The zero-order valence-electron chi connectivity index (χ0n) is 12.1. The standard InChI is InChI=1S/C12H20N4O4S/c1-15(2)8-4-3-7-14-21(19,20)12-6-5-10(13)9-11(12)16(17)18/h5-6,9,14H,3-4,7-8,13H2,1-2H3. The predicted octanol–water partition coefficient (Wildman–Crippen LogP) is 0.797. The van der Waals surface area contributed by atoms with Crippen LogP contribution in [0.25, 0.3) is 0 Å². The molecule has 0 amide bonds. The number of rotatable bonds is 8. The molecule has 8 nitrogen and oxygen atoms in total. The summed E-state index contributed by atoms with van der Waals surface area (Å²) in [5, 5.41) is 10.9. The lowest BCUT2D eigenvalue weighted by Gasteiger charge is -2.10. The number of hydrogen-bond donors (Lipinski definition) is 2. The van der Waals surface area contributed by atoms with Gasteiger partial charge in [-0.15, -0.1) is 0 Å². The molecule has 21 heavy (non-hydrogen) atoms. The molecule has 3 N–H and O–H groups in total. The number of sulfonamides is 1. The molecule has 0 saturated heterocycles. The minimum atomic E-state index is -3.91. The molecule has 118 valence electrons. The van der Waals surface area contributed by atoms with Crippen LogP contribution in [0, 0.1) is 10.1 Å². The van der Waals surface area contributed by atoms with Crippen LogP contribution in [0.15, 0.2) is 23.1 Å². The molecule has 0 spiro atoms. The van der Waals surface area contributed by atoms with E-state index in [1.807, 2.05) is 19.0 Å². The Labute approximate surface area is 124 Å². The average Bonchev–Trinajstić information content (AvgIpc) is 2.37. The topological polar surface area (TPSA) is 119 Å². The molecule has 1 aromatic rings. The molecule has 1 aromatic carbocycles. The van der Waals surface area contributed by atoms with Crippen LogP contribution < -0.4 is 10.5 Å². The van der Waals surface area contributed by atoms with Gasteiger partial charge in [-0.1, -0.05) is 0 Å². The number of nitro benzene ring substituents is 1. The quantitative estimate of drug-likeness (QED) is 0.317. The molecule has 0 aliphatic rings. The number of nitrogens with zero attached hydrogens (tertiary/aromatic N) is 2. The van der Waals surface area contributed by atoms with Crippen LogP contribution in [0.4, 0.5) is 11.4 Å². The maximum absolute atomic E-state index is 12.1. The number of anilines is 1. The Balaban J connectivity index is 2.77. The first kappa shape index (κ1) is 17.3. The second-order valence-corrected chi connectivity index (χ2v) is 6.63. The van der Waals surface area contributed by atoms with Crippen molar-refractivity contribution in [2.24, 2.45) is 0 Å². The molecule has 9 heteroatoms. The molecule has 0 radical (unpaired) electrons. The molecular weight excluding hydrogens is 296 g/mol. The highest BCUT2D eigenvalue weighted by Crippen LogP contribution is 2.25. The fraction of sp³-hybridized carbons (Fsp3) is 0.500. The minimum absolute atomic E-state index is 0.145. The average molecular weight is 316 g/mol. The Hall–Kier alpha value is -1.71. The SMILES string of the molecule is CN(C)CCCCNS(=O)(=O)c1ccc(N)cc1[N+](=O)[O-]. The smallest absolute Gasteiger partial charge is 0.291 e. The number of unbranched alkanes of at least 4 members (excludes halogenated alkanes) is 1. The van der Waals surface area contributed by atoms with E-state index in [-0.39, 0.29) is 17.1 Å². The third kappa shape index (κ3) is 5.29. The van der Waals surface area contributed by atoms with Gasteiger partial charge >= 0.3 is 0 Å². The molecule has 0 atom stereocenters. The van der Waals surface area contributed by atoms with E-state index in [0.29, 0.717) is 6.42 Å². The van der Waals surface area contributed by atoms with E-state index >= 15 is 0 Å². The molecule has 0 aromatic heterocycles. The van der Waals surface area contributed by atoms with Gasteiger partial charge in [0.15, 0.2) is 4.90 Å². The molecular formula is C12H20N4O4S. The Morgan fingerprint density at radius 2 is 2.00 bits per heavy atom. The van der Waals surface area contributed by atoms with Gasteiger partial charge in [0.2, 0.25) is 10.0 Å². The van der Waals surface area contributed by atoms with Crippen molar-refractivity contribution in [1.29, 1.82) is 0 Å². The molecule has 0 unspecified atom stereocenters. The van der Waals surface area contributed by atoms with Crippen LogP contribution in [0.2, 0.25) is 0 Å². The van der Waals surface area contributed by atoms with Gasteiger partial charge < -0.3 is 10.6 Å². The van der Waals surface area contributed by atoms with Crippen molar-refractivity contribution in [1.82, 2.24) is 9.62 Å². The lowest BCUT2D eigenvalue weighted by atomic mass is 10.3. The van der Waals surface area contributed by atoms with Crippen molar-refractivity contribution >= 4 is 21.4 Å². The van der Waals surface area contributed by atoms with Crippen LogP contribution in [-0.2, 0) is 10.0 Å². The van der Waals surface area contributed by atoms with E-state index in [9.17, 15) is 18.5 Å². The second kappa shape index (κ2) is 7.34. The Morgan fingerprint density at radius 3 is 2.57 bits per heavy atom. The molecule has 0 saturated carbocycles. The largest absolute Gasteiger partial charge is 0.399 e. The van der Waals surface area contributed by atoms with Gasteiger partial charge in [0.25, 0.3) is 5.69 Å². The Morgan fingerprint density at radius 1 is 1.33 bits per heavy atom. The summed E-state index contributed by atoms with van der Waals surface area (Å²) >= 11 is 0. The maximum Gasteiger partial charge on any atom is 0.291 e. The van der Waals surface area contributed by atoms with Gasteiger partial charge in [-0.3, -0.25) is 10.1 Å². The summed E-state index contributed by atoms with van der Waals surface area (Å²) in [5.41, 5.74) is 5.08. The lowest BCUT2D eigenvalue weighted by molar-refractivity contribution is -0.387. The van der Waals surface area contributed by atoms with E-state index in [2.05, 4.69) is 4.72 Å². The van der Waals surface area contributed by atoms with Crippen molar-refractivity contribution in [3.8, 4) is 0 Å². The van der Waals surface area contributed by atoms with Crippen LogP contribution in [0.3, 0.4) is 0 Å². The summed E-state index contributed by atoms with van der Waals surface area (Å²) in [6.07, 6.45) is 1.49. The van der Waals surface area contributed by atoms with Gasteiger partial charge in [0.05, 0.1) is 4.92 Å². The summed E-state index contributed by atoms with van der Waals surface area (Å²) < 4.78 is 26.6. The highest BCUT2D eigenvalue weighted by molar-refractivity contribution is 7.89. The summed E-state index contributed by atoms with van der Waals surface area (Å²) in [7, 11) is -0.0494. The zero-order chi connectivity index (χ0) is 16.0. The highest BCUT2D eigenvalue weighted by Gasteiger charge is 2.25. The molecule has 0 aliphatic carbocycles. The first-order chi connectivity index (χ1) is 9.74. The van der Waals surface area contributed by atoms with Crippen LogP contribution in [-0.4, -0.2) is 45.4 Å². The fourth-order valence-corrected chi connectivity index (χ4v) is 2.97. The third-order valence-electron chi connectivity index (χ3n) is 2.79. The second-order valence-electron chi connectivity index (χ2n) is 4.89. The van der Waals surface area contributed by atoms with Crippen molar-refractivity contribution in [3.05, 3.63) is 28.3 Å². The van der Waals surface area contributed by atoms with Crippen molar-refractivity contribution in [3.63, 3.8) is 0 Å². The fourth-order valence-electron chi connectivity index (χ4n) is 1.74. The van der Waals surface area contributed by atoms with E-state index < -0.39 is 20.6 Å². The number of nitrogens with two attached hydrogens (primary N) is 1.